The molecule has 1 aromatic rings. The molecule has 4 nitrogen and oxygen atoms in total. The van der Waals surface area contributed by atoms with E-state index in [-0.39, 0.29) is 17.6 Å². The van der Waals surface area contributed by atoms with Gasteiger partial charge in [-0.25, -0.2) is 0 Å². The van der Waals surface area contributed by atoms with Gasteiger partial charge in [0.1, 0.15) is 11.5 Å². The maximum absolute atomic E-state index is 6.63. The summed E-state index contributed by atoms with van der Waals surface area (Å²) in [7, 11) is 3.31. The summed E-state index contributed by atoms with van der Waals surface area (Å²) in [4.78, 5) is 2.34. The van der Waals surface area contributed by atoms with E-state index in [0.29, 0.717) is 0 Å². The van der Waals surface area contributed by atoms with E-state index in [4.69, 9.17) is 25.8 Å². The Morgan fingerprint density at radius 3 is 2.48 bits per heavy atom. The highest BCUT2D eigenvalue weighted by molar-refractivity contribution is 6.21. The van der Waals surface area contributed by atoms with Crippen LogP contribution in [0, 0.1) is 0 Å². The van der Waals surface area contributed by atoms with Crippen molar-refractivity contribution >= 4 is 11.6 Å². The molecule has 0 amide bonds. The normalized spacial score (nSPS) is 24.6. The number of hydrogen-bond donors (Lipinski definition) is 0. The van der Waals surface area contributed by atoms with E-state index in [1.807, 2.05) is 18.2 Å². The molecule has 21 heavy (non-hydrogen) atoms. The number of morpholine rings is 1. The standard InChI is InChI=1S/C16H24ClNO3/c1-11-8-18(9-12(2)21-11)10-15(17)14-7-13(19-3)5-6-16(14)20-4/h5-7,11-12,15H,8-10H2,1-4H3. The van der Waals surface area contributed by atoms with Gasteiger partial charge in [-0.05, 0) is 32.0 Å². The van der Waals surface area contributed by atoms with E-state index in [2.05, 4.69) is 18.7 Å². The lowest BCUT2D eigenvalue weighted by atomic mass is 10.1. The Labute approximate surface area is 131 Å². The third-order valence-electron chi connectivity index (χ3n) is 3.69. The number of methoxy groups -OCH3 is 2. The molecule has 0 spiro atoms. The van der Waals surface area contributed by atoms with E-state index < -0.39 is 0 Å². The summed E-state index contributed by atoms with van der Waals surface area (Å²) in [5.74, 6) is 1.59. The summed E-state index contributed by atoms with van der Waals surface area (Å²) in [5, 5.41) is -0.146. The van der Waals surface area contributed by atoms with Crippen LogP contribution in [-0.2, 0) is 4.74 Å². The molecule has 0 N–H and O–H groups in total. The Bertz CT molecular complexity index is 459. The van der Waals surface area contributed by atoms with Crippen molar-refractivity contribution in [2.24, 2.45) is 0 Å². The molecule has 1 aliphatic rings. The predicted octanol–water partition coefficient (Wildman–Crippen LogP) is 3.09. The van der Waals surface area contributed by atoms with Gasteiger partial charge in [-0.2, -0.15) is 0 Å². The second-order valence-corrected chi connectivity index (χ2v) is 6.08. The number of nitrogens with zero attached hydrogens (tertiary/aromatic N) is 1. The van der Waals surface area contributed by atoms with Crippen LogP contribution in [-0.4, -0.2) is 51.0 Å². The predicted molar refractivity (Wildman–Crippen MR) is 84.6 cm³/mol. The Morgan fingerprint density at radius 1 is 1.24 bits per heavy atom. The average Bonchev–Trinajstić information content (AvgIpc) is 2.45. The van der Waals surface area contributed by atoms with Gasteiger partial charge >= 0.3 is 0 Å². The monoisotopic (exact) mass is 313 g/mol. The van der Waals surface area contributed by atoms with Crippen LogP contribution in [0.1, 0.15) is 24.8 Å². The summed E-state index contributed by atoms with van der Waals surface area (Å²) in [6, 6.07) is 5.72. The number of rotatable bonds is 5. The van der Waals surface area contributed by atoms with Crippen LogP contribution < -0.4 is 9.47 Å². The molecule has 0 radical (unpaired) electrons. The Morgan fingerprint density at radius 2 is 1.90 bits per heavy atom. The van der Waals surface area contributed by atoms with Crippen LogP contribution in [0.4, 0.5) is 0 Å². The van der Waals surface area contributed by atoms with Gasteiger partial charge in [-0.15, -0.1) is 11.6 Å². The van der Waals surface area contributed by atoms with Crippen LogP contribution in [0.25, 0.3) is 0 Å². The molecule has 1 saturated heterocycles. The minimum atomic E-state index is -0.146. The molecule has 3 atom stereocenters. The van der Waals surface area contributed by atoms with Crippen LogP contribution in [0.3, 0.4) is 0 Å². The highest BCUT2D eigenvalue weighted by atomic mass is 35.5. The molecule has 5 heteroatoms. The minimum absolute atomic E-state index is 0.146. The average molecular weight is 314 g/mol. The first-order valence-corrected chi connectivity index (χ1v) is 7.71. The van der Waals surface area contributed by atoms with E-state index in [0.717, 1.165) is 36.7 Å². The highest BCUT2D eigenvalue weighted by Gasteiger charge is 2.25. The first-order valence-electron chi connectivity index (χ1n) is 7.27. The summed E-state index contributed by atoms with van der Waals surface area (Å²) < 4.78 is 16.5. The third-order valence-corrected chi connectivity index (χ3v) is 4.06. The number of hydrogen-bond acceptors (Lipinski definition) is 4. The zero-order chi connectivity index (χ0) is 15.4. The number of halogens is 1. The quantitative estimate of drug-likeness (QED) is 0.782. The zero-order valence-corrected chi connectivity index (χ0v) is 13.9. The Balaban J connectivity index is 2.10. The lowest BCUT2D eigenvalue weighted by molar-refractivity contribution is -0.0678. The van der Waals surface area contributed by atoms with Crippen molar-refractivity contribution in [1.82, 2.24) is 4.90 Å². The first kappa shape index (κ1) is 16.4. The zero-order valence-electron chi connectivity index (χ0n) is 13.1. The summed E-state index contributed by atoms with van der Waals surface area (Å²) in [5.41, 5.74) is 0.963. The van der Waals surface area contributed by atoms with E-state index in [1.54, 1.807) is 14.2 Å². The Hall–Kier alpha value is -0.970. The summed E-state index contributed by atoms with van der Waals surface area (Å²) in [6.45, 7) is 6.76. The van der Waals surface area contributed by atoms with Crippen LogP contribution in [0.5, 0.6) is 11.5 Å². The molecular formula is C16H24ClNO3. The Kier molecular flexibility index (Phi) is 5.73. The summed E-state index contributed by atoms with van der Waals surface area (Å²) in [6.07, 6.45) is 0.481. The number of alkyl halides is 1. The second-order valence-electron chi connectivity index (χ2n) is 5.55. The molecule has 2 rings (SSSR count). The summed E-state index contributed by atoms with van der Waals surface area (Å²) >= 11 is 6.63. The maximum Gasteiger partial charge on any atom is 0.123 e. The molecule has 0 saturated carbocycles. The van der Waals surface area contributed by atoms with Gasteiger partial charge in [0.25, 0.3) is 0 Å². The number of benzene rings is 1. The van der Waals surface area contributed by atoms with Gasteiger partial charge in [0.2, 0.25) is 0 Å². The molecule has 0 aliphatic carbocycles. The molecule has 3 unspecified atom stereocenters. The molecule has 1 aliphatic heterocycles. The van der Waals surface area contributed by atoms with Crippen LogP contribution in [0.2, 0.25) is 0 Å². The van der Waals surface area contributed by atoms with Crippen LogP contribution in [0.15, 0.2) is 18.2 Å². The lowest BCUT2D eigenvalue weighted by Gasteiger charge is -2.36. The van der Waals surface area contributed by atoms with Gasteiger partial charge in [-0.3, -0.25) is 4.90 Å². The fraction of sp³-hybridized carbons (Fsp3) is 0.625. The van der Waals surface area contributed by atoms with Gasteiger partial charge in [-0.1, -0.05) is 0 Å². The van der Waals surface area contributed by atoms with E-state index >= 15 is 0 Å². The van der Waals surface area contributed by atoms with Crippen molar-refractivity contribution in [2.45, 2.75) is 31.4 Å². The molecule has 1 heterocycles. The fourth-order valence-corrected chi connectivity index (χ4v) is 3.21. The molecule has 118 valence electrons. The van der Waals surface area contributed by atoms with Crippen molar-refractivity contribution in [2.75, 3.05) is 33.9 Å². The van der Waals surface area contributed by atoms with Gasteiger partial charge < -0.3 is 14.2 Å². The topological polar surface area (TPSA) is 30.9 Å². The third kappa shape index (κ3) is 4.25. The van der Waals surface area contributed by atoms with Crippen molar-refractivity contribution < 1.29 is 14.2 Å². The van der Waals surface area contributed by atoms with Crippen molar-refractivity contribution in [3.05, 3.63) is 23.8 Å². The number of ether oxygens (including phenoxy) is 3. The van der Waals surface area contributed by atoms with Gasteiger partial charge in [0.15, 0.2) is 0 Å². The fourth-order valence-electron chi connectivity index (χ4n) is 2.84. The minimum Gasteiger partial charge on any atom is -0.497 e. The van der Waals surface area contributed by atoms with Crippen molar-refractivity contribution in [1.29, 1.82) is 0 Å². The molecule has 0 bridgehead atoms. The van der Waals surface area contributed by atoms with Gasteiger partial charge in [0.05, 0.1) is 31.8 Å². The van der Waals surface area contributed by atoms with Gasteiger partial charge in [0, 0.05) is 25.2 Å². The second kappa shape index (κ2) is 7.34. The SMILES string of the molecule is COc1ccc(OC)c(C(Cl)CN2CC(C)OC(C)C2)c1. The first-order chi connectivity index (χ1) is 10.0. The largest absolute Gasteiger partial charge is 0.497 e. The van der Waals surface area contributed by atoms with Crippen molar-refractivity contribution in [3.63, 3.8) is 0 Å². The van der Waals surface area contributed by atoms with Crippen LogP contribution >= 0.6 is 11.6 Å². The lowest BCUT2D eigenvalue weighted by Crippen LogP contribution is -2.46. The molecular weight excluding hydrogens is 290 g/mol. The smallest absolute Gasteiger partial charge is 0.123 e. The van der Waals surface area contributed by atoms with E-state index in [1.165, 1.54) is 0 Å². The van der Waals surface area contributed by atoms with E-state index in [9.17, 15) is 0 Å². The highest BCUT2D eigenvalue weighted by Crippen LogP contribution is 2.34. The molecule has 1 fully saturated rings. The molecule has 0 aromatic heterocycles. The molecule has 1 aromatic carbocycles. The van der Waals surface area contributed by atoms with Crippen molar-refractivity contribution in [3.8, 4) is 11.5 Å². The maximum atomic E-state index is 6.63.